The van der Waals surface area contributed by atoms with Crippen molar-refractivity contribution >= 4 is 7.60 Å². The Kier molecular flexibility index (Phi) is 3.08. The number of rotatable bonds is 3. The van der Waals surface area contributed by atoms with Gasteiger partial charge < -0.3 is 14.9 Å². The topological polar surface area (TPSA) is 77.8 Å². The summed E-state index contributed by atoms with van der Waals surface area (Å²) in [5.74, 6) is 0. The van der Waals surface area contributed by atoms with Crippen molar-refractivity contribution in [1.82, 2.24) is 0 Å². The van der Waals surface area contributed by atoms with Crippen LogP contribution < -0.4 is 0 Å². The molecule has 3 N–H and O–H groups in total. The molecule has 0 aromatic carbocycles. The summed E-state index contributed by atoms with van der Waals surface area (Å²) in [4.78, 5) is 16.7. The summed E-state index contributed by atoms with van der Waals surface area (Å²) < 4.78 is 10.3. The second kappa shape index (κ2) is 3.13. The molecule has 0 aliphatic rings. The first kappa shape index (κ1) is 8.85. The molecular weight excluding hydrogens is 143 g/mol. The van der Waals surface area contributed by atoms with Crippen LogP contribution in [-0.2, 0) is 4.57 Å². The molecule has 0 amide bonds. The van der Waals surface area contributed by atoms with Gasteiger partial charge in [-0.2, -0.15) is 0 Å². The quantitative estimate of drug-likeness (QED) is 0.383. The van der Waals surface area contributed by atoms with Crippen molar-refractivity contribution < 1.29 is 19.5 Å². The first-order valence-electron chi connectivity index (χ1n) is 2.31. The van der Waals surface area contributed by atoms with Crippen molar-refractivity contribution in [3.05, 3.63) is 12.7 Å². The molecule has 0 rings (SSSR count). The Morgan fingerprint density at radius 3 is 2.11 bits per heavy atom. The van der Waals surface area contributed by atoms with E-state index in [-0.39, 0.29) is 0 Å². The third kappa shape index (κ3) is 2.77. The zero-order valence-corrected chi connectivity index (χ0v) is 5.66. The van der Waals surface area contributed by atoms with Crippen molar-refractivity contribution in [1.29, 1.82) is 0 Å². The molecule has 0 aliphatic carbocycles. The van der Waals surface area contributed by atoms with Crippen LogP contribution in [0.1, 0.15) is 0 Å². The van der Waals surface area contributed by atoms with E-state index in [0.29, 0.717) is 0 Å². The maximum atomic E-state index is 10.3. The minimum atomic E-state index is -4.14. The summed E-state index contributed by atoms with van der Waals surface area (Å²) in [7, 11) is -4.14. The highest BCUT2D eigenvalue weighted by molar-refractivity contribution is 7.52. The fraction of sp³-hybridized carbons (Fsp3) is 0.500. The standard InChI is InChI=1S/C4H9O4P/c1-2-4(3-5)9(6,7)8/h2,4-5H,1,3H2,(H2,6,7,8). The highest BCUT2D eigenvalue weighted by Crippen LogP contribution is 2.41. The third-order valence-electron chi connectivity index (χ3n) is 0.891. The summed E-state index contributed by atoms with van der Waals surface area (Å²) >= 11 is 0. The lowest BCUT2D eigenvalue weighted by molar-refractivity contribution is 0.280. The van der Waals surface area contributed by atoms with Crippen LogP contribution in [-0.4, -0.2) is 27.2 Å². The smallest absolute Gasteiger partial charge is 0.334 e. The SMILES string of the molecule is C=CC(CO)P(=O)(O)O. The van der Waals surface area contributed by atoms with E-state index >= 15 is 0 Å². The summed E-state index contributed by atoms with van der Waals surface area (Å²) in [6.07, 6.45) is 1.04. The second-order valence-electron chi connectivity index (χ2n) is 1.57. The lowest BCUT2D eigenvalue weighted by Gasteiger charge is -2.09. The van der Waals surface area contributed by atoms with Gasteiger partial charge in [0.25, 0.3) is 0 Å². The van der Waals surface area contributed by atoms with E-state index in [4.69, 9.17) is 14.9 Å². The minimum Gasteiger partial charge on any atom is -0.395 e. The van der Waals surface area contributed by atoms with E-state index in [1.807, 2.05) is 0 Å². The van der Waals surface area contributed by atoms with Crippen LogP contribution in [0.3, 0.4) is 0 Å². The van der Waals surface area contributed by atoms with E-state index in [9.17, 15) is 4.57 Å². The molecular formula is C4H9O4P. The van der Waals surface area contributed by atoms with Gasteiger partial charge in [0, 0.05) is 0 Å². The van der Waals surface area contributed by atoms with Crippen LogP contribution in [0.25, 0.3) is 0 Å². The summed E-state index contributed by atoms with van der Waals surface area (Å²) in [6, 6.07) is 0. The largest absolute Gasteiger partial charge is 0.395 e. The van der Waals surface area contributed by atoms with E-state index in [1.165, 1.54) is 0 Å². The monoisotopic (exact) mass is 152 g/mol. The second-order valence-corrected chi connectivity index (χ2v) is 3.42. The van der Waals surface area contributed by atoms with Crippen molar-refractivity contribution in [2.75, 3.05) is 6.61 Å². The van der Waals surface area contributed by atoms with Gasteiger partial charge in [-0.05, 0) is 0 Å². The van der Waals surface area contributed by atoms with Gasteiger partial charge >= 0.3 is 7.60 Å². The van der Waals surface area contributed by atoms with Crippen molar-refractivity contribution in [3.63, 3.8) is 0 Å². The first-order valence-corrected chi connectivity index (χ1v) is 3.99. The van der Waals surface area contributed by atoms with Crippen LogP contribution >= 0.6 is 7.60 Å². The Labute approximate surface area is 53.0 Å². The molecule has 1 unspecified atom stereocenters. The summed E-state index contributed by atoms with van der Waals surface area (Å²) in [5.41, 5.74) is -1.11. The Morgan fingerprint density at radius 1 is 1.67 bits per heavy atom. The van der Waals surface area contributed by atoms with Gasteiger partial charge in [0.15, 0.2) is 0 Å². The predicted octanol–water partition coefficient (Wildman–Crippen LogP) is -0.289. The summed E-state index contributed by atoms with van der Waals surface area (Å²) in [5, 5.41) is 8.30. The molecule has 1 atom stereocenters. The van der Waals surface area contributed by atoms with E-state index in [1.54, 1.807) is 0 Å². The van der Waals surface area contributed by atoms with Gasteiger partial charge in [-0.15, -0.1) is 6.58 Å². The summed E-state index contributed by atoms with van der Waals surface area (Å²) in [6.45, 7) is 2.58. The number of hydrogen-bond donors (Lipinski definition) is 3. The van der Waals surface area contributed by atoms with Gasteiger partial charge in [0.05, 0.1) is 6.61 Å². The molecule has 9 heavy (non-hydrogen) atoms. The highest BCUT2D eigenvalue weighted by atomic mass is 31.2. The van der Waals surface area contributed by atoms with Crippen LogP contribution in [0.2, 0.25) is 0 Å². The minimum absolute atomic E-state index is 0.562. The lowest BCUT2D eigenvalue weighted by atomic mass is 10.4. The van der Waals surface area contributed by atoms with Crippen LogP contribution in [0.5, 0.6) is 0 Å². The average Bonchev–Trinajstić information content (AvgIpc) is 1.65. The number of aliphatic hydroxyl groups is 1. The fourth-order valence-corrected chi connectivity index (χ4v) is 0.806. The van der Waals surface area contributed by atoms with Crippen molar-refractivity contribution in [3.8, 4) is 0 Å². The molecule has 0 spiro atoms. The fourth-order valence-electron chi connectivity index (χ4n) is 0.318. The van der Waals surface area contributed by atoms with Gasteiger partial charge in [-0.25, -0.2) is 0 Å². The normalized spacial score (nSPS) is 15.0. The molecule has 5 heteroatoms. The van der Waals surface area contributed by atoms with Crippen molar-refractivity contribution in [2.45, 2.75) is 5.66 Å². The van der Waals surface area contributed by atoms with Gasteiger partial charge in [-0.3, -0.25) is 4.57 Å². The molecule has 0 saturated carbocycles. The van der Waals surface area contributed by atoms with Crippen LogP contribution in [0.4, 0.5) is 0 Å². The molecule has 0 bridgehead atoms. The maximum absolute atomic E-state index is 10.3. The van der Waals surface area contributed by atoms with Gasteiger partial charge in [-0.1, -0.05) is 6.08 Å². The molecule has 0 aromatic rings. The Balaban J connectivity index is 4.12. The first-order chi connectivity index (χ1) is 4.02. The average molecular weight is 152 g/mol. The molecule has 0 radical (unpaired) electrons. The van der Waals surface area contributed by atoms with E-state index in [2.05, 4.69) is 6.58 Å². The zero-order chi connectivity index (χ0) is 7.49. The maximum Gasteiger partial charge on any atom is 0.334 e. The molecule has 0 aromatic heterocycles. The Morgan fingerprint density at radius 2 is 2.11 bits per heavy atom. The van der Waals surface area contributed by atoms with Crippen LogP contribution in [0.15, 0.2) is 12.7 Å². The molecule has 0 aliphatic heterocycles. The van der Waals surface area contributed by atoms with Gasteiger partial charge in [0.2, 0.25) is 0 Å². The van der Waals surface area contributed by atoms with E-state index in [0.717, 1.165) is 6.08 Å². The molecule has 0 fully saturated rings. The molecule has 54 valence electrons. The molecule has 0 heterocycles. The number of hydrogen-bond acceptors (Lipinski definition) is 2. The Hall–Kier alpha value is -0.150. The molecule has 0 saturated heterocycles. The molecule has 4 nitrogen and oxygen atoms in total. The predicted molar refractivity (Wildman–Crippen MR) is 33.1 cm³/mol. The van der Waals surface area contributed by atoms with Crippen LogP contribution in [0, 0.1) is 0 Å². The number of aliphatic hydroxyl groups excluding tert-OH is 1. The highest BCUT2D eigenvalue weighted by Gasteiger charge is 2.24. The zero-order valence-electron chi connectivity index (χ0n) is 4.77. The lowest BCUT2D eigenvalue weighted by Crippen LogP contribution is -2.09. The van der Waals surface area contributed by atoms with Gasteiger partial charge in [0.1, 0.15) is 5.66 Å². The van der Waals surface area contributed by atoms with E-state index < -0.39 is 19.9 Å². The van der Waals surface area contributed by atoms with Crippen molar-refractivity contribution in [2.24, 2.45) is 0 Å². The Bertz CT molecular complexity index is 138. The third-order valence-corrected chi connectivity index (χ3v) is 2.13.